The fraction of sp³-hybridized carbons (Fsp3) is 0.600. The Kier molecular flexibility index (Phi) is 3.52. The van der Waals surface area contributed by atoms with Crippen LogP contribution in [0.2, 0.25) is 0 Å². The zero-order valence-electron chi connectivity index (χ0n) is 11.6. The van der Waals surface area contributed by atoms with Crippen LogP contribution >= 0.6 is 0 Å². The second-order valence-electron chi connectivity index (χ2n) is 5.95. The van der Waals surface area contributed by atoms with Crippen molar-refractivity contribution in [2.75, 3.05) is 0 Å². The van der Waals surface area contributed by atoms with Crippen molar-refractivity contribution in [1.82, 2.24) is 0 Å². The van der Waals surface area contributed by atoms with Crippen molar-refractivity contribution in [3.05, 3.63) is 24.0 Å². The molecule has 2 rings (SSSR count). The number of esters is 1. The average molecular weight is 263 g/mol. The molecule has 104 valence electrons. The molecular formula is C15H21NO3. The van der Waals surface area contributed by atoms with Crippen LogP contribution in [0, 0.1) is 17.3 Å². The maximum atomic E-state index is 11.9. The van der Waals surface area contributed by atoms with Crippen molar-refractivity contribution in [3.63, 3.8) is 0 Å². The molecule has 0 aromatic carbocycles. The van der Waals surface area contributed by atoms with Crippen LogP contribution < -0.4 is 5.73 Å². The molecule has 4 heteroatoms. The minimum atomic E-state index is -0.578. The molecule has 0 spiro atoms. The second-order valence-corrected chi connectivity index (χ2v) is 5.95. The zero-order valence-corrected chi connectivity index (χ0v) is 11.6. The molecule has 1 fully saturated rings. The van der Waals surface area contributed by atoms with E-state index in [4.69, 9.17) is 10.5 Å². The molecule has 2 unspecified atom stereocenters. The van der Waals surface area contributed by atoms with E-state index in [2.05, 4.69) is 20.4 Å². The van der Waals surface area contributed by atoms with E-state index in [1.807, 2.05) is 0 Å². The molecule has 0 aromatic heterocycles. The lowest BCUT2D eigenvalue weighted by Crippen LogP contribution is -2.36. The maximum Gasteiger partial charge on any atom is 0.335 e. The minimum absolute atomic E-state index is 0.158. The van der Waals surface area contributed by atoms with E-state index in [1.54, 1.807) is 0 Å². The van der Waals surface area contributed by atoms with Crippen LogP contribution in [-0.4, -0.2) is 11.9 Å². The van der Waals surface area contributed by atoms with Crippen molar-refractivity contribution >= 4 is 11.9 Å². The molecule has 0 saturated heterocycles. The fourth-order valence-electron chi connectivity index (χ4n) is 3.40. The highest BCUT2D eigenvalue weighted by molar-refractivity contribution is 5.87. The molecule has 0 heterocycles. The lowest BCUT2D eigenvalue weighted by atomic mass is 9.76. The van der Waals surface area contributed by atoms with Gasteiger partial charge >= 0.3 is 5.97 Å². The fourth-order valence-corrected chi connectivity index (χ4v) is 3.40. The van der Waals surface area contributed by atoms with Gasteiger partial charge in [-0.25, -0.2) is 4.79 Å². The van der Waals surface area contributed by atoms with Gasteiger partial charge in [0.15, 0.2) is 0 Å². The van der Waals surface area contributed by atoms with E-state index < -0.39 is 11.4 Å². The number of fused-ring (bicyclic) bond motifs is 2. The normalized spacial score (nSPS) is 28.9. The number of hydrogen-bond acceptors (Lipinski definition) is 3. The molecule has 0 radical (unpaired) electrons. The Bertz CT molecular complexity index is 464. The van der Waals surface area contributed by atoms with Gasteiger partial charge in [0.25, 0.3) is 0 Å². The van der Waals surface area contributed by atoms with Gasteiger partial charge in [0.1, 0.15) is 5.76 Å². The average Bonchev–Trinajstić information content (AvgIpc) is 2.88. The highest BCUT2D eigenvalue weighted by atomic mass is 16.5. The summed E-state index contributed by atoms with van der Waals surface area (Å²) in [6.07, 6.45) is 4.25. The van der Waals surface area contributed by atoms with Gasteiger partial charge in [0.2, 0.25) is 5.91 Å². The molecule has 2 aliphatic rings. The highest BCUT2D eigenvalue weighted by Crippen LogP contribution is 2.59. The van der Waals surface area contributed by atoms with Crippen molar-refractivity contribution in [1.29, 1.82) is 0 Å². The van der Waals surface area contributed by atoms with Gasteiger partial charge in [0.05, 0.1) is 5.41 Å². The van der Waals surface area contributed by atoms with Crippen LogP contribution in [0.4, 0.5) is 0 Å². The van der Waals surface area contributed by atoms with Crippen LogP contribution in [-0.2, 0) is 14.3 Å². The number of ether oxygens (including phenoxy) is 1. The number of nitrogens with two attached hydrogens (primary N) is 1. The first kappa shape index (κ1) is 13.8. The topological polar surface area (TPSA) is 69.4 Å². The van der Waals surface area contributed by atoms with E-state index in [9.17, 15) is 9.59 Å². The van der Waals surface area contributed by atoms with Crippen LogP contribution in [0.25, 0.3) is 0 Å². The van der Waals surface area contributed by atoms with E-state index in [1.165, 1.54) is 0 Å². The number of rotatable bonds is 5. The Labute approximate surface area is 113 Å². The number of allylic oxidation sites excluding steroid dienone is 1. The third-order valence-corrected chi connectivity index (χ3v) is 4.22. The first-order valence-corrected chi connectivity index (χ1v) is 6.78. The molecule has 2 N–H and O–H groups in total. The summed E-state index contributed by atoms with van der Waals surface area (Å²) in [7, 11) is 0. The smallest absolute Gasteiger partial charge is 0.335 e. The number of primary amides is 1. The van der Waals surface area contributed by atoms with Crippen molar-refractivity contribution in [2.45, 2.75) is 39.5 Å². The van der Waals surface area contributed by atoms with Crippen LogP contribution in [0.15, 0.2) is 24.0 Å². The molecule has 2 aliphatic carbocycles. The van der Waals surface area contributed by atoms with E-state index in [0.717, 1.165) is 30.9 Å². The maximum absolute atomic E-state index is 11.9. The van der Waals surface area contributed by atoms with Gasteiger partial charge in [-0.1, -0.05) is 20.4 Å². The number of carbonyl (C=O) groups excluding carboxylic acids is 2. The summed E-state index contributed by atoms with van der Waals surface area (Å²) in [4.78, 5) is 23.4. The number of carbonyl (C=O) groups is 2. The third kappa shape index (κ3) is 2.20. The Hall–Kier alpha value is -1.58. The summed E-state index contributed by atoms with van der Waals surface area (Å²) in [5.74, 6) is 0.496. The van der Waals surface area contributed by atoms with E-state index >= 15 is 0 Å². The molecule has 19 heavy (non-hydrogen) atoms. The van der Waals surface area contributed by atoms with Crippen LogP contribution in [0.1, 0.15) is 39.5 Å². The van der Waals surface area contributed by atoms with Gasteiger partial charge < -0.3 is 10.5 Å². The third-order valence-electron chi connectivity index (χ3n) is 4.22. The van der Waals surface area contributed by atoms with Crippen LogP contribution in [0.3, 0.4) is 0 Å². The molecule has 1 saturated carbocycles. The van der Waals surface area contributed by atoms with Gasteiger partial charge in [-0.15, -0.1) is 0 Å². The summed E-state index contributed by atoms with van der Waals surface area (Å²) >= 11 is 0. The first-order chi connectivity index (χ1) is 8.90. The Morgan fingerprint density at radius 1 is 1.58 bits per heavy atom. The zero-order chi connectivity index (χ0) is 14.2. The van der Waals surface area contributed by atoms with E-state index in [0.29, 0.717) is 18.1 Å². The molecule has 0 aromatic rings. The minimum Gasteiger partial charge on any atom is -0.428 e. The Morgan fingerprint density at radius 2 is 2.26 bits per heavy atom. The largest absolute Gasteiger partial charge is 0.428 e. The monoisotopic (exact) mass is 263 g/mol. The van der Waals surface area contributed by atoms with Crippen molar-refractivity contribution in [3.8, 4) is 0 Å². The highest BCUT2D eigenvalue weighted by Gasteiger charge is 2.55. The van der Waals surface area contributed by atoms with Crippen LogP contribution in [0.5, 0.6) is 0 Å². The predicted molar refractivity (Wildman–Crippen MR) is 71.7 cm³/mol. The Balaban J connectivity index is 2.40. The summed E-state index contributed by atoms with van der Waals surface area (Å²) < 4.78 is 5.40. The van der Waals surface area contributed by atoms with Crippen molar-refractivity contribution in [2.24, 2.45) is 23.0 Å². The lowest BCUT2D eigenvalue weighted by molar-refractivity contribution is -0.134. The lowest BCUT2D eigenvalue weighted by Gasteiger charge is -2.29. The first-order valence-electron chi connectivity index (χ1n) is 6.78. The summed E-state index contributed by atoms with van der Waals surface area (Å²) in [5.41, 5.74) is 6.00. The molecule has 1 amide bonds. The van der Waals surface area contributed by atoms with Gasteiger partial charge in [-0.2, -0.15) is 0 Å². The standard InChI is InChI=1S/C15H21NO3/c1-4-12(17)19-13-10-5-6-15(8-10,14(16)18)11(13)7-9(2)3/h4,9-10H,1,5-8H2,2-3H3,(H2,16,18). The predicted octanol–water partition coefficient (Wildman–Crippen LogP) is 2.30. The summed E-state index contributed by atoms with van der Waals surface area (Å²) in [6, 6.07) is 0. The van der Waals surface area contributed by atoms with Gasteiger partial charge in [-0.3, -0.25) is 4.79 Å². The molecule has 0 aliphatic heterocycles. The number of amides is 1. The molecule has 2 bridgehead atoms. The van der Waals surface area contributed by atoms with Gasteiger partial charge in [-0.05, 0) is 37.2 Å². The number of hydrogen-bond donors (Lipinski definition) is 1. The quantitative estimate of drug-likeness (QED) is 0.611. The van der Waals surface area contributed by atoms with E-state index in [-0.39, 0.29) is 11.8 Å². The van der Waals surface area contributed by atoms with Crippen molar-refractivity contribution < 1.29 is 14.3 Å². The SMILES string of the molecule is C=CC(=O)OC1=C(CC(C)C)C2(C(N)=O)CCC1C2. The Morgan fingerprint density at radius 3 is 2.79 bits per heavy atom. The summed E-state index contributed by atoms with van der Waals surface area (Å²) in [6.45, 7) is 7.58. The second kappa shape index (κ2) is 4.83. The molecular weight excluding hydrogens is 242 g/mol. The summed E-state index contributed by atoms with van der Waals surface area (Å²) in [5, 5.41) is 0. The molecule has 2 atom stereocenters. The molecule has 4 nitrogen and oxygen atoms in total. The van der Waals surface area contributed by atoms with Gasteiger partial charge in [0, 0.05) is 12.0 Å².